The molecule has 0 saturated carbocycles. The van der Waals surface area contributed by atoms with E-state index < -0.39 is 12.1 Å². The first-order valence-corrected chi connectivity index (χ1v) is 13.1. The summed E-state index contributed by atoms with van der Waals surface area (Å²) in [5, 5.41) is 9.35. The van der Waals surface area contributed by atoms with Crippen LogP contribution >= 0.6 is 0 Å². The van der Waals surface area contributed by atoms with Gasteiger partial charge in [0.05, 0.1) is 0 Å². The minimum absolute atomic E-state index is 0.595. The van der Waals surface area contributed by atoms with Gasteiger partial charge < -0.3 is 9.84 Å². The summed E-state index contributed by atoms with van der Waals surface area (Å²) < 4.78 is 5.66. The van der Waals surface area contributed by atoms with Gasteiger partial charge in [0.15, 0.2) is 6.10 Å². The van der Waals surface area contributed by atoms with Crippen LogP contribution in [-0.4, -0.2) is 23.8 Å². The van der Waals surface area contributed by atoms with Crippen LogP contribution in [0.5, 0.6) is 0 Å². The van der Waals surface area contributed by atoms with E-state index in [2.05, 4.69) is 13.8 Å². The largest absolute Gasteiger partial charge is 0.479 e. The van der Waals surface area contributed by atoms with Crippen LogP contribution in [-0.2, 0) is 9.53 Å². The summed E-state index contributed by atoms with van der Waals surface area (Å²) in [6.45, 7) is 5.12. The minimum atomic E-state index is -0.784. The summed E-state index contributed by atoms with van der Waals surface area (Å²) in [5.41, 5.74) is 0. The molecule has 0 aromatic carbocycles. The lowest BCUT2D eigenvalue weighted by Gasteiger charge is -2.13. The normalized spacial score (nSPS) is 12.3. The van der Waals surface area contributed by atoms with E-state index in [4.69, 9.17) is 4.74 Å². The smallest absolute Gasteiger partial charge is 0.332 e. The van der Waals surface area contributed by atoms with Crippen LogP contribution in [0.4, 0.5) is 0 Å². The first kappa shape index (κ1) is 28.4. The van der Waals surface area contributed by atoms with Crippen molar-refractivity contribution in [3.8, 4) is 0 Å². The second kappa shape index (κ2) is 23.7. The molecule has 0 spiro atoms. The summed E-state index contributed by atoms with van der Waals surface area (Å²) in [5.74, 6) is -0.784. The summed E-state index contributed by atoms with van der Waals surface area (Å²) in [6, 6.07) is 0. The molecule has 0 fully saturated rings. The summed E-state index contributed by atoms with van der Waals surface area (Å²) in [7, 11) is 0. The molecule has 0 aliphatic heterocycles. The lowest BCUT2D eigenvalue weighted by atomic mass is 10.0. The van der Waals surface area contributed by atoms with Gasteiger partial charge in [-0.25, -0.2) is 4.79 Å². The summed E-state index contributed by atoms with van der Waals surface area (Å²) in [4.78, 5) is 11.4. The Morgan fingerprint density at radius 2 is 0.931 bits per heavy atom. The van der Waals surface area contributed by atoms with Crippen molar-refractivity contribution >= 4 is 5.97 Å². The Bertz CT molecular complexity index is 330. The highest BCUT2D eigenvalue weighted by Gasteiger charge is 2.16. The first-order valence-electron chi connectivity index (χ1n) is 13.1. The van der Waals surface area contributed by atoms with Gasteiger partial charge in [-0.2, -0.15) is 0 Å². The number of unbranched alkanes of at least 4 members (excludes halogenated alkanes) is 18. The maximum Gasteiger partial charge on any atom is 0.332 e. The third kappa shape index (κ3) is 21.9. The lowest BCUT2D eigenvalue weighted by molar-refractivity contribution is -0.151. The van der Waals surface area contributed by atoms with Crippen LogP contribution in [0.2, 0.25) is 0 Å². The number of carboxylic acid groups (broad SMARTS) is 1. The van der Waals surface area contributed by atoms with E-state index in [1.54, 1.807) is 0 Å². The maximum absolute atomic E-state index is 11.4. The third-order valence-corrected chi connectivity index (χ3v) is 5.91. The van der Waals surface area contributed by atoms with Crippen LogP contribution in [0.1, 0.15) is 149 Å². The van der Waals surface area contributed by atoms with Crippen LogP contribution in [0.25, 0.3) is 0 Å². The highest BCUT2D eigenvalue weighted by Crippen LogP contribution is 2.14. The van der Waals surface area contributed by atoms with Gasteiger partial charge in [-0.1, -0.05) is 136 Å². The number of aliphatic carboxylic acids is 1. The molecule has 174 valence electrons. The average molecular weight is 413 g/mol. The second-order valence-electron chi connectivity index (χ2n) is 8.85. The Morgan fingerprint density at radius 1 is 0.586 bits per heavy atom. The predicted octanol–water partition coefficient (Wildman–Crippen LogP) is 8.69. The molecule has 0 heterocycles. The van der Waals surface area contributed by atoms with E-state index in [0.29, 0.717) is 13.0 Å². The molecular formula is C26H52O3. The van der Waals surface area contributed by atoms with Gasteiger partial charge in [0.2, 0.25) is 0 Å². The van der Waals surface area contributed by atoms with E-state index in [0.717, 1.165) is 19.3 Å². The Kier molecular flexibility index (Phi) is 23.2. The van der Waals surface area contributed by atoms with Gasteiger partial charge in [0, 0.05) is 6.61 Å². The average Bonchev–Trinajstić information content (AvgIpc) is 2.71. The van der Waals surface area contributed by atoms with Crippen molar-refractivity contribution < 1.29 is 14.6 Å². The van der Waals surface area contributed by atoms with Crippen molar-refractivity contribution in [1.29, 1.82) is 0 Å². The van der Waals surface area contributed by atoms with E-state index in [1.165, 1.54) is 109 Å². The fraction of sp³-hybridized carbons (Fsp3) is 0.962. The van der Waals surface area contributed by atoms with Gasteiger partial charge in [-0.3, -0.25) is 0 Å². The van der Waals surface area contributed by atoms with E-state index in [9.17, 15) is 9.90 Å². The van der Waals surface area contributed by atoms with Crippen LogP contribution in [0, 0.1) is 0 Å². The SMILES string of the molecule is CCCCCCCCCCCCOC(CCCCCCCCCCCC)C(=O)O. The highest BCUT2D eigenvalue weighted by atomic mass is 16.5. The standard InChI is InChI=1S/C26H52O3/c1-3-5-7-9-11-13-15-17-19-21-23-25(26(27)28)29-24-22-20-18-16-14-12-10-8-6-4-2/h25H,3-24H2,1-2H3,(H,27,28). The second-order valence-corrected chi connectivity index (χ2v) is 8.85. The Balaban J connectivity index is 3.44. The van der Waals surface area contributed by atoms with Crippen molar-refractivity contribution in [3.63, 3.8) is 0 Å². The number of carboxylic acids is 1. The van der Waals surface area contributed by atoms with Crippen molar-refractivity contribution in [2.45, 2.75) is 155 Å². The fourth-order valence-corrected chi connectivity index (χ4v) is 3.91. The molecule has 0 aliphatic carbocycles. The zero-order chi connectivity index (χ0) is 21.4. The molecule has 0 aliphatic rings. The number of hydrogen-bond donors (Lipinski definition) is 1. The molecule has 0 saturated heterocycles. The van der Waals surface area contributed by atoms with Crippen LogP contribution < -0.4 is 0 Å². The fourth-order valence-electron chi connectivity index (χ4n) is 3.91. The molecule has 29 heavy (non-hydrogen) atoms. The van der Waals surface area contributed by atoms with E-state index in [1.807, 2.05) is 0 Å². The Labute approximate surface area is 182 Å². The van der Waals surface area contributed by atoms with Crippen LogP contribution in [0.15, 0.2) is 0 Å². The Hall–Kier alpha value is -0.570. The van der Waals surface area contributed by atoms with Gasteiger partial charge in [-0.05, 0) is 12.8 Å². The molecule has 0 amide bonds. The van der Waals surface area contributed by atoms with Crippen LogP contribution in [0.3, 0.4) is 0 Å². The molecule has 0 aromatic heterocycles. The molecular weight excluding hydrogens is 360 g/mol. The van der Waals surface area contributed by atoms with Gasteiger partial charge in [0.25, 0.3) is 0 Å². The topological polar surface area (TPSA) is 46.5 Å². The zero-order valence-corrected chi connectivity index (χ0v) is 19.9. The summed E-state index contributed by atoms with van der Waals surface area (Å²) >= 11 is 0. The van der Waals surface area contributed by atoms with E-state index >= 15 is 0 Å². The molecule has 0 bridgehead atoms. The predicted molar refractivity (Wildman–Crippen MR) is 126 cm³/mol. The zero-order valence-electron chi connectivity index (χ0n) is 19.9. The highest BCUT2D eigenvalue weighted by molar-refractivity contribution is 5.72. The van der Waals surface area contributed by atoms with Gasteiger partial charge in [0.1, 0.15) is 0 Å². The minimum Gasteiger partial charge on any atom is -0.479 e. The third-order valence-electron chi connectivity index (χ3n) is 5.91. The van der Waals surface area contributed by atoms with Gasteiger partial charge in [-0.15, -0.1) is 0 Å². The summed E-state index contributed by atoms with van der Waals surface area (Å²) in [6.07, 6.45) is 25.8. The van der Waals surface area contributed by atoms with Crippen molar-refractivity contribution in [3.05, 3.63) is 0 Å². The van der Waals surface area contributed by atoms with Crippen molar-refractivity contribution in [1.82, 2.24) is 0 Å². The molecule has 3 heteroatoms. The monoisotopic (exact) mass is 412 g/mol. The number of hydrogen-bond acceptors (Lipinski definition) is 2. The molecule has 1 N–H and O–H groups in total. The number of ether oxygens (including phenoxy) is 1. The van der Waals surface area contributed by atoms with Crippen molar-refractivity contribution in [2.24, 2.45) is 0 Å². The molecule has 0 radical (unpaired) electrons. The molecule has 1 unspecified atom stereocenters. The molecule has 0 rings (SSSR count). The number of rotatable bonds is 24. The molecule has 1 atom stereocenters. The molecule has 0 aromatic rings. The molecule has 3 nitrogen and oxygen atoms in total. The maximum atomic E-state index is 11.4. The van der Waals surface area contributed by atoms with Crippen molar-refractivity contribution in [2.75, 3.05) is 6.61 Å². The lowest BCUT2D eigenvalue weighted by Crippen LogP contribution is -2.24. The quantitative estimate of drug-likeness (QED) is 0.161. The Morgan fingerprint density at radius 3 is 1.31 bits per heavy atom. The first-order chi connectivity index (χ1) is 14.2. The number of carbonyl (C=O) groups is 1. The van der Waals surface area contributed by atoms with Gasteiger partial charge >= 0.3 is 5.97 Å². The van der Waals surface area contributed by atoms with E-state index in [-0.39, 0.29) is 0 Å².